The number of carbonyl (C=O) groups is 1. The molecule has 1 aromatic rings. The van der Waals surface area contributed by atoms with Crippen LogP contribution in [-0.4, -0.2) is 25.0 Å². The number of hydrogen-bond donors (Lipinski definition) is 1. The van der Waals surface area contributed by atoms with Gasteiger partial charge in [0.1, 0.15) is 0 Å². The normalized spacial score (nSPS) is 23.6. The van der Waals surface area contributed by atoms with Gasteiger partial charge in [0.25, 0.3) is 0 Å². The Bertz CT molecular complexity index is 440. The van der Waals surface area contributed by atoms with Gasteiger partial charge in [0.2, 0.25) is 5.91 Å². The minimum absolute atomic E-state index is 0.0532. The fraction of sp³-hybridized carbons (Fsp3) is 0.533. The highest BCUT2D eigenvalue weighted by Gasteiger charge is 2.30. The Morgan fingerprint density at radius 2 is 2.06 bits per heavy atom. The molecule has 1 fully saturated rings. The quantitative estimate of drug-likeness (QED) is 0.820. The smallest absolute Gasteiger partial charge is 0.244 e. The molecule has 0 unspecified atom stereocenters. The van der Waals surface area contributed by atoms with Crippen molar-refractivity contribution in [1.29, 1.82) is 0 Å². The molecular formula is C15H20N2O. The van der Waals surface area contributed by atoms with E-state index in [0.29, 0.717) is 0 Å². The molecule has 0 saturated carbocycles. The van der Waals surface area contributed by atoms with E-state index in [-0.39, 0.29) is 11.9 Å². The van der Waals surface area contributed by atoms with E-state index < -0.39 is 0 Å². The molecule has 0 spiro atoms. The molecule has 1 saturated heterocycles. The average molecular weight is 244 g/mol. The fourth-order valence-corrected chi connectivity index (χ4v) is 2.78. The highest BCUT2D eigenvalue weighted by molar-refractivity contribution is 5.98. The van der Waals surface area contributed by atoms with Crippen LogP contribution in [0.5, 0.6) is 0 Å². The molecule has 3 heteroatoms. The van der Waals surface area contributed by atoms with Gasteiger partial charge < -0.3 is 10.2 Å². The van der Waals surface area contributed by atoms with Crippen LogP contribution in [0, 0.1) is 0 Å². The van der Waals surface area contributed by atoms with Gasteiger partial charge in [0.05, 0.1) is 6.04 Å². The average Bonchev–Trinajstić information content (AvgIpc) is 2.28. The topological polar surface area (TPSA) is 32.3 Å². The van der Waals surface area contributed by atoms with Crippen molar-refractivity contribution in [3.8, 4) is 0 Å². The lowest BCUT2D eigenvalue weighted by molar-refractivity contribution is -0.122. The molecule has 1 atom stereocenters. The van der Waals surface area contributed by atoms with Gasteiger partial charge in [-0.15, -0.1) is 0 Å². The van der Waals surface area contributed by atoms with Crippen LogP contribution in [0.2, 0.25) is 0 Å². The Morgan fingerprint density at radius 1 is 1.22 bits per heavy atom. The van der Waals surface area contributed by atoms with Gasteiger partial charge in [-0.3, -0.25) is 4.79 Å². The van der Waals surface area contributed by atoms with Crippen molar-refractivity contribution >= 4 is 11.6 Å². The molecule has 1 N–H and O–H groups in total. The number of hydrogen-bond acceptors (Lipinski definition) is 2. The van der Waals surface area contributed by atoms with E-state index in [1.54, 1.807) is 0 Å². The zero-order valence-corrected chi connectivity index (χ0v) is 10.7. The number of carbonyl (C=O) groups excluding carboxylic acids is 1. The van der Waals surface area contributed by atoms with Crippen LogP contribution in [0.1, 0.15) is 31.2 Å². The van der Waals surface area contributed by atoms with E-state index >= 15 is 0 Å². The highest BCUT2D eigenvalue weighted by Crippen LogP contribution is 2.26. The van der Waals surface area contributed by atoms with Crippen molar-refractivity contribution in [2.45, 2.75) is 38.1 Å². The second-order valence-electron chi connectivity index (χ2n) is 5.22. The number of aryl methyl sites for hydroxylation is 1. The molecule has 0 aliphatic carbocycles. The predicted octanol–water partition coefficient (Wildman–Crippen LogP) is 2.11. The summed E-state index contributed by atoms with van der Waals surface area (Å²) < 4.78 is 0. The standard InChI is InChI=1S/C15H20N2O/c18-15(13-9-10-16-13)17-11-5-1-2-6-12-7-3-4-8-14(12)17/h3-4,7-8,13,16H,1-2,5-6,9-11H2/t13-/m1/s1. The van der Waals surface area contributed by atoms with Gasteiger partial charge >= 0.3 is 0 Å². The second kappa shape index (κ2) is 5.11. The summed E-state index contributed by atoms with van der Waals surface area (Å²) in [6.45, 7) is 1.85. The van der Waals surface area contributed by atoms with Gasteiger partial charge in [0, 0.05) is 12.2 Å². The molecule has 3 rings (SSSR count). The van der Waals surface area contributed by atoms with Crippen molar-refractivity contribution in [3.05, 3.63) is 29.8 Å². The molecule has 18 heavy (non-hydrogen) atoms. The molecular weight excluding hydrogens is 224 g/mol. The van der Waals surface area contributed by atoms with Crippen LogP contribution in [0.25, 0.3) is 0 Å². The van der Waals surface area contributed by atoms with Gasteiger partial charge in [0.15, 0.2) is 0 Å². The summed E-state index contributed by atoms with van der Waals surface area (Å²) in [5.74, 6) is 0.260. The van der Waals surface area contributed by atoms with E-state index in [0.717, 1.165) is 38.0 Å². The van der Waals surface area contributed by atoms with Crippen molar-refractivity contribution in [3.63, 3.8) is 0 Å². The summed E-state index contributed by atoms with van der Waals surface area (Å²) in [6.07, 6.45) is 5.65. The van der Waals surface area contributed by atoms with Crippen LogP contribution >= 0.6 is 0 Å². The zero-order chi connectivity index (χ0) is 12.4. The molecule has 0 bridgehead atoms. The summed E-state index contributed by atoms with van der Waals surface area (Å²) >= 11 is 0. The molecule has 1 aromatic carbocycles. The molecule has 0 aromatic heterocycles. The van der Waals surface area contributed by atoms with Gasteiger partial charge in [-0.25, -0.2) is 0 Å². The van der Waals surface area contributed by atoms with Crippen molar-refractivity contribution in [1.82, 2.24) is 5.32 Å². The Balaban J connectivity index is 1.90. The first-order valence-corrected chi connectivity index (χ1v) is 6.99. The number of benzene rings is 1. The summed E-state index contributed by atoms with van der Waals surface area (Å²) in [6, 6.07) is 8.42. The summed E-state index contributed by atoms with van der Waals surface area (Å²) in [5, 5.41) is 3.22. The van der Waals surface area contributed by atoms with Crippen LogP contribution in [0.15, 0.2) is 24.3 Å². The lowest BCUT2D eigenvalue weighted by Gasteiger charge is -2.34. The molecule has 2 aliphatic rings. The first-order valence-electron chi connectivity index (χ1n) is 6.99. The number of rotatable bonds is 1. The Labute approximate surface area is 108 Å². The third kappa shape index (κ3) is 2.15. The zero-order valence-electron chi connectivity index (χ0n) is 10.7. The number of nitrogens with zero attached hydrogens (tertiary/aromatic N) is 1. The third-order valence-corrected chi connectivity index (χ3v) is 4.00. The first kappa shape index (κ1) is 11.7. The van der Waals surface area contributed by atoms with Gasteiger partial charge in [-0.2, -0.15) is 0 Å². The van der Waals surface area contributed by atoms with Crippen molar-refractivity contribution < 1.29 is 4.79 Å². The largest absolute Gasteiger partial charge is 0.311 e. The summed E-state index contributed by atoms with van der Waals surface area (Å²) in [5.41, 5.74) is 2.46. The summed E-state index contributed by atoms with van der Waals surface area (Å²) in [4.78, 5) is 14.5. The summed E-state index contributed by atoms with van der Waals surface area (Å²) in [7, 11) is 0. The van der Waals surface area contributed by atoms with Crippen molar-refractivity contribution in [2.24, 2.45) is 0 Å². The Kier molecular flexibility index (Phi) is 3.33. The lowest BCUT2D eigenvalue weighted by atomic mass is 9.99. The molecule has 2 heterocycles. The number of anilines is 1. The van der Waals surface area contributed by atoms with Crippen LogP contribution in [-0.2, 0) is 11.2 Å². The van der Waals surface area contributed by atoms with E-state index in [1.165, 1.54) is 18.4 Å². The Hall–Kier alpha value is -1.35. The molecule has 1 amide bonds. The SMILES string of the molecule is O=C([C@H]1CCN1)N1CCCCCc2ccccc21. The fourth-order valence-electron chi connectivity index (χ4n) is 2.78. The molecule has 2 aliphatic heterocycles. The number of para-hydroxylation sites is 1. The maximum Gasteiger partial charge on any atom is 0.244 e. The maximum absolute atomic E-state index is 12.5. The predicted molar refractivity (Wildman–Crippen MR) is 72.8 cm³/mol. The van der Waals surface area contributed by atoms with Gasteiger partial charge in [-0.05, 0) is 43.9 Å². The number of amides is 1. The van der Waals surface area contributed by atoms with Crippen LogP contribution in [0.3, 0.4) is 0 Å². The minimum atomic E-state index is 0.0532. The Morgan fingerprint density at radius 3 is 2.83 bits per heavy atom. The number of nitrogens with one attached hydrogen (secondary N) is 1. The second-order valence-corrected chi connectivity index (χ2v) is 5.22. The third-order valence-electron chi connectivity index (χ3n) is 4.00. The van der Waals surface area contributed by atoms with E-state index in [1.807, 2.05) is 11.0 Å². The lowest BCUT2D eigenvalue weighted by Crippen LogP contribution is -2.55. The van der Waals surface area contributed by atoms with E-state index in [9.17, 15) is 4.79 Å². The van der Waals surface area contributed by atoms with Gasteiger partial charge in [-0.1, -0.05) is 24.6 Å². The van der Waals surface area contributed by atoms with Crippen LogP contribution < -0.4 is 10.2 Å². The minimum Gasteiger partial charge on any atom is -0.311 e. The molecule has 0 radical (unpaired) electrons. The van der Waals surface area contributed by atoms with Crippen molar-refractivity contribution in [2.75, 3.05) is 18.0 Å². The van der Waals surface area contributed by atoms with Crippen LogP contribution in [0.4, 0.5) is 5.69 Å². The van der Waals surface area contributed by atoms with E-state index in [4.69, 9.17) is 0 Å². The van der Waals surface area contributed by atoms with E-state index in [2.05, 4.69) is 23.5 Å². The maximum atomic E-state index is 12.5. The molecule has 96 valence electrons. The highest BCUT2D eigenvalue weighted by atomic mass is 16.2. The molecule has 3 nitrogen and oxygen atoms in total. The first-order chi connectivity index (χ1) is 8.86. The monoisotopic (exact) mass is 244 g/mol. The number of fused-ring (bicyclic) bond motifs is 1.